The molecule has 0 aromatic heterocycles. The van der Waals surface area contributed by atoms with Gasteiger partial charge >= 0.3 is 0 Å². The van der Waals surface area contributed by atoms with E-state index in [4.69, 9.17) is 12.2 Å². The van der Waals surface area contributed by atoms with Crippen LogP contribution in [0.5, 0.6) is 0 Å². The van der Waals surface area contributed by atoms with E-state index in [9.17, 15) is 0 Å². The van der Waals surface area contributed by atoms with Crippen molar-refractivity contribution in [3.63, 3.8) is 0 Å². The van der Waals surface area contributed by atoms with Crippen molar-refractivity contribution in [3.8, 4) is 0 Å². The van der Waals surface area contributed by atoms with Crippen molar-refractivity contribution in [2.24, 2.45) is 0 Å². The van der Waals surface area contributed by atoms with Gasteiger partial charge in [0, 0.05) is 12.2 Å². The number of unbranched alkanes of at least 4 members (excludes halogenated alkanes) is 1. The summed E-state index contributed by atoms with van der Waals surface area (Å²) in [5.74, 6) is 0. The molecule has 0 amide bonds. The molecule has 0 unspecified atom stereocenters. The Morgan fingerprint density at radius 3 is 2.63 bits per heavy atom. The van der Waals surface area contributed by atoms with Crippen molar-refractivity contribution in [1.82, 2.24) is 16.2 Å². The minimum Gasteiger partial charge on any atom is -0.361 e. The predicted molar refractivity (Wildman–Crippen MR) is 85.7 cm³/mol. The Kier molecular flexibility index (Phi) is 7.66. The standard InChI is InChI=1S/C15H23N3S/c1-3-4-8-13(2)17-18-15(19)16-12-11-14-9-6-5-7-10-14/h5-7,9-10,17H,2-4,8,11-12H2,1H3,(H2,16,18,19). The van der Waals surface area contributed by atoms with Crippen molar-refractivity contribution >= 4 is 17.3 Å². The summed E-state index contributed by atoms with van der Waals surface area (Å²) in [6.07, 6.45) is 4.23. The summed E-state index contributed by atoms with van der Waals surface area (Å²) in [6, 6.07) is 10.3. The number of rotatable bonds is 8. The maximum atomic E-state index is 5.17. The number of nitrogens with one attached hydrogen (secondary N) is 3. The molecule has 0 aliphatic rings. The van der Waals surface area contributed by atoms with E-state index in [1.54, 1.807) is 0 Å². The molecule has 1 rings (SSSR count). The topological polar surface area (TPSA) is 36.1 Å². The Morgan fingerprint density at radius 1 is 1.21 bits per heavy atom. The van der Waals surface area contributed by atoms with Gasteiger partial charge in [-0.3, -0.25) is 5.43 Å². The zero-order valence-electron chi connectivity index (χ0n) is 11.5. The first-order valence-electron chi connectivity index (χ1n) is 6.74. The average Bonchev–Trinajstić information content (AvgIpc) is 2.44. The largest absolute Gasteiger partial charge is 0.361 e. The van der Waals surface area contributed by atoms with E-state index in [1.807, 2.05) is 18.2 Å². The molecular weight excluding hydrogens is 254 g/mol. The quantitative estimate of drug-likeness (QED) is 0.504. The van der Waals surface area contributed by atoms with E-state index in [2.05, 4.69) is 41.8 Å². The van der Waals surface area contributed by atoms with E-state index < -0.39 is 0 Å². The van der Waals surface area contributed by atoms with Gasteiger partial charge in [0.1, 0.15) is 0 Å². The van der Waals surface area contributed by atoms with Gasteiger partial charge in [0.25, 0.3) is 0 Å². The van der Waals surface area contributed by atoms with E-state index >= 15 is 0 Å². The van der Waals surface area contributed by atoms with Gasteiger partial charge in [0.15, 0.2) is 5.11 Å². The lowest BCUT2D eigenvalue weighted by Gasteiger charge is -2.14. The third kappa shape index (κ3) is 7.47. The van der Waals surface area contributed by atoms with Crippen LogP contribution in [0.3, 0.4) is 0 Å². The number of thiocarbonyl (C=S) groups is 1. The molecule has 0 fully saturated rings. The summed E-state index contributed by atoms with van der Waals surface area (Å²) in [6.45, 7) is 6.91. The number of allylic oxidation sites excluding steroid dienone is 1. The molecule has 1 aromatic rings. The van der Waals surface area contributed by atoms with Crippen LogP contribution in [0.1, 0.15) is 31.7 Å². The molecule has 4 heteroatoms. The normalized spacial score (nSPS) is 9.74. The van der Waals surface area contributed by atoms with Gasteiger partial charge in [-0.25, -0.2) is 0 Å². The first-order valence-corrected chi connectivity index (χ1v) is 7.14. The van der Waals surface area contributed by atoms with E-state index in [-0.39, 0.29) is 0 Å². The first kappa shape index (κ1) is 15.5. The van der Waals surface area contributed by atoms with Crippen LogP contribution in [-0.4, -0.2) is 11.7 Å². The fourth-order valence-corrected chi connectivity index (χ4v) is 1.76. The fraction of sp³-hybridized carbons (Fsp3) is 0.400. The average molecular weight is 277 g/mol. The summed E-state index contributed by atoms with van der Waals surface area (Å²) in [5, 5.41) is 3.76. The molecule has 0 spiro atoms. The summed E-state index contributed by atoms with van der Waals surface area (Å²) < 4.78 is 0. The Labute approximate surface area is 121 Å². The van der Waals surface area contributed by atoms with E-state index in [0.717, 1.165) is 31.5 Å². The van der Waals surface area contributed by atoms with Gasteiger partial charge in [-0.1, -0.05) is 50.3 Å². The third-order valence-corrected chi connectivity index (χ3v) is 2.97. The van der Waals surface area contributed by atoms with Crippen LogP contribution < -0.4 is 16.2 Å². The van der Waals surface area contributed by atoms with Crippen LogP contribution in [0.4, 0.5) is 0 Å². The highest BCUT2D eigenvalue weighted by Gasteiger charge is 1.97. The second-order valence-electron chi connectivity index (χ2n) is 4.45. The Hall–Kier alpha value is -1.55. The third-order valence-electron chi connectivity index (χ3n) is 2.73. The van der Waals surface area contributed by atoms with Crippen LogP contribution in [0.2, 0.25) is 0 Å². The molecule has 0 aliphatic heterocycles. The second-order valence-corrected chi connectivity index (χ2v) is 4.86. The molecule has 19 heavy (non-hydrogen) atoms. The van der Waals surface area contributed by atoms with E-state index in [1.165, 1.54) is 12.0 Å². The molecule has 0 radical (unpaired) electrons. The minimum atomic E-state index is 0.605. The molecule has 0 heterocycles. The summed E-state index contributed by atoms with van der Waals surface area (Å²) >= 11 is 5.17. The van der Waals surface area contributed by atoms with Crippen molar-refractivity contribution in [1.29, 1.82) is 0 Å². The van der Waals surface area contributed by atoms with Gasteiger partial charge in [0.05, 0.1) is 0 Å². The van der Waals surface area contributed by atoms with Gasteiger partial charge in [-0.15, -0.1) is 0 Å². The fourth-order valence-electron chi connectivity index (χ4n) is 1.61. The van der Waals surface area contributed by atoms with Gasteiger partial charge < -0.3 is 10.7 Å². The second kappa shape index (κ2) is 9.39. The molecule has 1 aromatic carbocycles. The lowest BCUT2D eigenvalue weighted by Crippen LogP contribution is -2.43. The molecule has 3 N–H and O–H groups in total. The van der Waals surface area contributed by atoms with Crippen LogP contribution in [0, 0.1) is 0 Å². The van der Waals surface area contributed by atoms with Crippen LogP contribution in [0.15, 0.2) is 42.6 Å². The lowest BCUT2D eigenvalue weighted by molar-refractivity contribution is 0.670. The van der Waals surface area contributed by atoms with E-state index in [0.29, 0.717) is 5.11 Å². The summed E-state index contributed by atoms with van der Waals surface area (Å²) in [5.41, 5.74) is 8.24. The van der Waals surface area contributed by atoms with Gasteiger partial charge in [-0.2, -0.15) is 0 Å². The zero-order chi connectivity index (χ0) is 13.9. The van der Waals surface area contributed by atoms with Crippen LogP contribution in [-0.2, 0) is 6.42 Å². The number of hydrogen-bond donors (Lipinski definition) is 3. The van der Waals surface area contributed by atoms with Crippen LogP contribution in [0.25, 0.3) is 0 Å². The number of benzene rings is 1. The van der Waals surface area contributed by atoms with Crippen molar-refractivity contribution < 1.29 is 0 Å². The van der Waals surface area contributed by atoms with Crippen molar-refractivity contribution in [2.75, 3.05) is 6.54 Å². The van der Waals surface area contributed by atoms with Crippen molar-refractivity contribution in [2.45, 2.75) is 32.6 Å². The maximum Gasteiger partial charge on any atom is 0.185 e. The molecule has 3 nitrogen and oxygen atoms in total. The number of hydrogen-bond acceptors (Lipinski definition) is 2. The van der Waals surface area contributed by atoms with Crippen LogP contribution >= 0.6 is 12.2 Å². The molecule has 0 bridgehead atoms. The molecule has 0 saturated heterocycles. The van der Waals surface area contributed by atoms with Gasteiger partial charge in [-0.05, 0) is 37.0 Å². The first-order chi connectivity index (χ1) is 9.22. The number of hydrazine groups is 1. The molecular formula is C15H23N3S. The zero-order valence-corrected chi connectivity index (χ0v) is 12.4. The monoisotopic (exact) mass is 277 g/mol. The highest BCUT2D eigenvalue weighted by molar-refractivity contribution is 7.80. The highest BCUT2D eigenvalue weighted by Crippen LogP contribution is 2.00. The Morgan fingerprint density at radius 2 is 1.95 bits per heavy atom. The van der Waals surface area contributed by atoms with Crippen molar-refractivity contribution in [3.05, 3.63) is 48.2 Å². The SMILES string of the molecule is C=C(CCCC)NNC(=S)NCCc1ccccc1. The predicted octanol–water partition coefficient (Wildman–Crippen LogP) is 2.90. The smallest absolute Gasteiger partial charge is 0.185 e. The Bertz CT molecular complexity index is 390. The highest BCUT2D eigenvalue weighted by atomic mass is 32.1. The lowest BCUT2D eigenvalue weighted by atomic mass is 10.1. The Balaban J connectivity index is 2.10. The minimum absolute atomic E-state index is 0.605. The van der Waals surface area contributed by atoms with Gasteiger partial charge in [0.2, 0.25) is 0 Å². The molecule has 104 valence electrons. The summed E-state index contributed by atoms with van der Waals surface area (Å²) in [7, 11) is 0. The molecule has 0 aliphatic carbocycles. The maximum absolute atomic E-state index is 5.17. The summed E-state index contributed by atoms with van der Waals surface area (Å²) in [4.78, 5) is 0. The molecule has 0 atom stereocenters. The molecule has 0 saturated carbocycles.